The number of amides is 1. The summed E-state index contributed by atoms with van der Waals surface area (Å²) in [5.74, 6) is 1.31. The average Bonchev–Trinajstić information content (AvgIpc) is 2.89. The number of nitrogens with one attached hydrogen (secondary N) is 1. The number of hydrogen-bond acceptors (Lipinski definition) is 4. The van der Waals surface area contributed by atoms with Crippen molar-refractivity contribution in [3.63, 3.8) is 0 Å². The van der Waals surface area contributed by atoms with Crippen molar-refractivity contribution < 1.29 is 14.6 Å². The minimum absolute atomic E-state index is 0.0205. The maximum Gasteiger partial charge on any atom is 0.234 e. The molecule has 1 fully saturated rings. The zero-order valence-electron chi connectivity index (χ0n) is 13.4. The molecule has 5 nitrogen and oxygen atoms in total. The molecule has 1 heterocycles. The zero-order chi connectivity index (χ0) is 15.9. The van der Waals surface area contributed by atoms with Crippen LogP contribution >= 0.6 is 0 Å². The van der Waals surface area contributed by atoms with E-state index >= 15 is 0 Å². The van der Waals surface area contributed by atoms with Crippen molar-refractivity contribution in [1.82, 2.24) is 10.2 Å². The van der Waals surface area contributed by atoms with Gasteiger partial charge in [-0.15, -0.1) is 0 Å². The molecule has 0 unspecified atom stereocenters. The van der Waals surface area contributed by atoms with Crippen LogP contribution in [0.2, 0.25) is 0 Å². The fourth-order valence-electron chi connectivity index (χ4n) is 2.52. The van der Waals surface area contributed by atoms with Crippen molar-refractivity contribution in [3.8, 4) is 5.75 Å². The van der Waals surface area contributed by atoms with Crippen molar-refractivity contribution in [2.75, 3.05) is 32.8 Å². The number of carbonyl (C=O) groups is 1. The lowest BCUT2D eigenvalue weighted by atomic mass is 10.0. The van der Waals surface area contributed by atoms with Gasteiger partial charge in [0.1, 0.15) is 12.4 Å². The number of aliphatic hydroxyl groups excluding tert-OH is 1. The van der Waals surface area contributed by atoms with E-state index < -0.39 is 0 Å². The summed E-state index contributed by atoms with van der Waals surface area (Å²) in [4.78, 5) is 13.7. The Labute approximate surface area is 132 Å². The van der Waals surface area contributed by atoms with Crippen LogP contribution in [0.25, 0.3) is 0 Å². The van der Waals surface area contributed by atoms with Gasteiger partial charge in [-0.2, -0.15) is 0 Å². The molecule has 0 radical (unpaired) electrons. The highest BCUT2D eigenvalue weighted by Gasteiger charge is 2.21. The molecule has 22 heavy (non-hydrogen) atoms. The van der Waals surface area contributed by atoms with Crippen molar-refractivity contribution in [2.24, 2.45) is 0 Å². The van der Waals surface area contributed by atoms with Crippen LogP contribution in [0.3, 0.4) is 0 Å². The summed E-state index contributed by atoms with van der Waals surface area (Å²) in [5, 5.41) is 12.2. The molecule has 0 saturated carbocycles. The molecule has 5 heteroatoms. The highest BCUT2D eigenvalue weighted by atomic mass is 16.5. The molecule has 0 aromatic heterocycles. The molecule has 0 spiro atoms. The minimum Gasteiger partial charge on any atom is -0.492 e. The van der Waals surface area contributed by atoms with E-state index in [-0.39, 0.29) is 12.0 Å². The van der Waals surface area contributed by atoms with Gasteiger partial charge in [0.25, 0.3) is 0 Å². The largest absolute Gasteiger partial charge is 0.492 e. The van der Waals surface area contributed by atoms with Gasteiger partial charge in [-0.25, -0.2) is 0 Å². The second kappa shape index (κ2) is 8.15. The predicted octanol–water partition coefficient (Wildman–Crippen LogP) is 1.37. The van der Waals surface area contributed by atoms with Crippen LogP contribution in [0.1, 0.15) is 31.7 Å². The molecule has 1 aliphatic rings. The van der Waals surface area contributed by atoms with Gasteiger partial charge >= 0.3 is 0 Å². The number of benzene rings is 1. The molecule has 1 amide bonds. The lowest BCUT2D eigenvalue weighted by molar-refractivity contribution is -0.122. The first-order valence-electron chi connectivity index (χ1n) is 7.94. The Morgan fingerprint density at radius 1 is 1.41 bits per heavy atom. The van der Waals surface area contributed by atoms with Gasteiger partial charge in [0.05, 0.1) is 19.2 Å². The van der Waals surface area contributed by atoms with E-state index in [1.165, 1.54) is 5.56 Å². The van der Waals surface area contributed by atoms with Crippen LogP contribution in [0.4, 0.5) is 0 Å². The number of aliphatic hydroxyl groups is 1. The van der Waals surface area contributed by atoms with Gasteiger partial charge < -0.3 is 15.2 Å². The van der Waals surface area contributed by atoms with E-state index in [2.05, 4.69) is 31.3 Å². The Morgan fingerprint density at radius 3 is 2.73 bits per heavy atom. The van der Waals surface area contributed by atoms with Crippen molar-refractivity contribution in [3.05, 3.63) is 29.8 Å². The first kappa shape index (κ1) is 16.8. The lowest BCUT2D eigenvalue weighted by Crippen LogP contribution is -2.38. The summed E-state index contributed by atoms with van der Waals surface area (Å²) in [5.41, 5.74) is 1.29. The number of ether oxygens (including phenoxy) is 1. The fourth-order valence-corrected chi connectivity index (χ4v) is 2.52. The van der Waals surface area contributed by atoms with Crippen LogP contribution < -0.4 is 10.1 Å². The molecule has 1 aromatic rings. The van der Waals surface area contributed by atoms with Gasteiger partial charge in [0, 0.05) is 13.1 Å². The third-order valence-electron chi connectivity index (χ3n) is 3.85. The SMILES string of the molecule is CC(C)c1ccc(OCCNC(=O)CN2CC[C@@H](O)C2)cc1. The second-order valence-corrected chi connectivity index (χ2v) is 6.10. The van der Waals surface area contributed by atoms with E-state index in [0.717, 1.165) is 18.7 Å². The van der Waals surface area contributed by atoms with Gasteiger partial charge in [-0.1, -0.05) is 26.0 Å². The molecule has 0 bridgehead atoms. The third-order valence-corrected chi connectivity index (χ3v) is 3.85. The topological polar surface area (TPSA) is 61.8 Å². The predicted molar refractivity (Wildman–Crippen MR) is 86.1 cm³/mol. The number of likely N-dealkylation sites (tertiary alicyclic amines) is 1. The molecule has 0 aliphatic carbocycles. The van der Waals surface area contributed by atoms with Gasteiger partial charge in [-0.3, -0.25) is 9.69 Å². The van der Waals surface area contributed by atoms with E-state index in [0.29, 0.717) is 32.2 Å². The smallest absolute Gasteiger partial charge is 0.234 e. The first-order valence-corrected chi connectivity index (χ1v) is 7.94. The molecule has 2 N–H and O–H groups in total. The Bertz CT molecular complexity index is 473. The first-order chi connectivity index (χ1) is 10.5. The van der Waals surface area contributed by atoms with Crippen LogP contribution in [0.15, 0.2) is 24.3 Å². The highest BCUT2D eigenvalue weighted by molar-refractivity contribution is 5.78. The maximum atomic E-state index is 11.7. The molecule has 2 rings (SSSR count). The molecular formula is C17H26N2O3. The summed E-state index contributed by atoms with van der Waals surface area (Å²) in [6.07, 6.45) is 0.466. The summed E-state index contributed by atoms with van der Waals surface area (Å²) < 4.78 is 5.61. The maximum absolute atomic E-state index is 11.7. The number of carbonyl (C=O) groups excluding carboxylic acids is 1. The fraction of sp³-hybridized carbons (Fsp3) is 0.588. The highest BCUT2D eigenvalue weighted by Crippen LogP contribution is 2.18. The van der Waals surface area contributed by atoms with Crippen molar-refractivity contribution >= 4 is 5.91 Å². The van der Waals surface area contributed by atoms with E-state index in [1.807, 2.05) is 17.0 Å². The molecule has 1 atom stereocenters. The molecular weight excluding hydrogens is 280 g/mol. The summed E-state index contributed by atoms with van der Waals surface area (Å²) in [6.45, 7) is 6.98. The van der Waals surface area contributed by atoms with E-state index in [1.54, 1.807) is 0 Å². The Kier molecular flexibility index (Phi) is 6.21. The monoisotopic (exact) mass is 306 g/mol. The summed E-state index contributed by atoms with van der Waals surface area (Å²) in [7, 11) is 0. The lowest BCUT2D eigenvalue weighted by Gasteiger charge is -2.14. The second-order valence-electron chi connectivity index (χ2n) is 6.10. The Balaban J connectivity index is 1.61. The van der Waals surface area contributed by atoms with Crippen molar-refractivity contribution in [2.45, 2.75) is 32.3 Å². The quantitative estimate of drug-likeness (QED) is 0.747. The third kappa shape index (κ3) is 5.31. The van der Waals surface area contributed by atoms with Crippen LogP contribution in [0, 0.1) is 0 Å². The normalized spacial score (nSPS) is 18.6. The van der Waals surface area contributed by atoms with Gasteiger partial charge in [-0.05, 0) is 30.0 Å². The molecule has 1 aliphatic heterocycles. The van der Waals surface area contributed by atoms with Crippen LogP contribution in [0.5, 0.6) is 5.75 Å². The van der Waals surface area contributed by atoms with Gasteiger partial charge in [0.2, 0.25) is 5.91 Å². The average molecular weight is 306 g/mol. The minimum atomic E-state index is -0.287. The number of rotatable bonds is 7. The standard InChI is InChI=1S/C17H26N2O3/c1-13(2)14-3-5-16(6-4-14)22-10-8-18-17(21)12-19-9-7-15(20)11-19/h3-6,13,15,20H,7-12H2,1-2H3,(H,18,21)/t15-/m1/s1. The molecule has 1 saturated heterocycles. The number of hydrogen-bond donors (Lipinski definition) is 2. The van der Waals surface area contributed by atoms with Gasteiger partial charge in [0.15, 0.2) is 0 Å². The molecule has 122 valence electrons. The Morgan fingerprint density at radius 2 is 2.14 bits per heavy atom. The van der Waals surface area contributed by atoms with Crippen LogP contribution in [-0.2, 0) is 4.79 Å². The number of β-amino-alcohol motifs (C(OH)–C–C–N with tert-alkyl or cyclic N) is 1. The van der Waals surface area contributed by atoms with Crippen molar-refractivity contribution in [1.29, 1.82) is 0 Å². The summed E-state index contributed by atoms with van der Waals surface area (Å²) in [6, 6.07) is 8.06. The van der Waals surface area contributed by atoms with E-state index in [4.69, 9.17) is 4.74 Å². The Hall–Kier alpha value is -1.59. The van der Waals surface area contributed by atoms with E-state index in [9.17, 15) is 9.90 Å². The van der Waals surface area contributed by atoms with Crippen LogP contribution in [-0.4, -0.2) is 54.8 Å². The number of nitrogens with zero attached hydrogens (tertiary/aromatic N) is 1. The zero-order valence-corrected chi connectivity index (χ0v) is 13.4. The summed E-state index contributed by atoms with van der Waals surface area (Å²) >= 11 is 0. The molecule has 1 aromatic carbocycles.